The number of nitrogens with two attached hydrogens (primary N) is 3. The molecular weight excluding hydrogens is 166 g/mol. The van der Waals surface area contributed by atoms with E-state index in [-0.39, 0.29) is 5.92 Å². The van der Waals surface area contributed by atoms with E-state index in [9.17, 15) is 4.79 Å². The van der Waals surface area contributed by atoms with Crippen molar-refractivity contribution in [1.29, 1.82) is 0 Å². The molecule has 13 heavy (non-hydrogen) atoms. The zero-order chi connectivity index (χ0) is 10.0. The lowest BCUT2D eigenvalue weighted by atomic mass is 9.97. The molecule has 0 aromatic heterocycles. The minimum atomic E-state index is -0.621. The predicted molar refractivity (Wildman–Crippen MR) is 51.4 cm³/mol. The van der Waals surface area contributed by atoms with Gasteiger partial charge in [0, 0.05) is 11.6 Å². The van der Waals surface area contributed by atoms with E-state index in [1.54, 1.807) is 0 Å². The standard InChI is InChI=1S/C9H17N3O/c1-2-5-3-4-6(7(5)10)8(11)9(12)13/h6,8H,2-4,10-11H2,1H3,(H2,12,13). The van der Waals surface area contributed by atoms with Crippen LogP contribution in [0.1, 0.15) is 26.2 Å². The second kappa shape index (κ2) is 3.79. The number of allylic oxidation sites excluding steroid dienone is 1. The highest BCUT2D eigenvalue weighted by Crippen LogP contribution is 2.31. The Morgan fingerprint density at radius 1 is 1.69 bits per heavy atom. The zero-order valence-corrected chi connectivity index (χ0v) is 7.92. The third-order valence-corrected chi connectivity index (χ3v) is 2.75. The number of rotatable bonds is 3. The number of hydrogen-bond donors (Lipinski definition) is 3. The molecule has 0 saturated carbocycles. The van der Waals surface area contributed by atoms with Crippen LogP contribution in [0, 0.1) is 5.92 Å². The molecule has 0 aromatic carbocycles. The van der Waals surface area contributed by atoms with E-state index >= 15 is 0 Å². The maximum atomic E-state index is 10.8. The summed E-state index contributed by atoms with van der Waals surface area (Å²) < 4.78 is 0. The predicted octanol–water partition coefficient (Wildman–Crippen LogP) is -0.168. The second-order valence-electron chi connectivity index (χ2n) is 3.49. The van der Waals surface area contributed by atoms with Crippen molar-refractivity contribution in [2.75, 3.05) is 0 Å². The Kier molecular flexibility index (Phi) is 2.93. The van der Waals surface area contributed by atoms with Crippen LogP contribution in [0.5, 0.6) is 0 Å². The van der Waals surface area contributed by atoms with Crippen LogP contribution >= 0.6 is 0 Å². The number of carbonyl (C=O) groups excluding carboxylic acids is 1. The smallest absolute Gasteiger partial charge is 0.235 e. The summed E-state index contributed by atoms with van der Waals surface area (Å²) in [5.41, 5.74) is 18.6. The van der Waals surface area contributed by atoms with E-state index in [4.69, 9.17) is 17.2 Å². The molecule has 0 heterocycles. The number of amides is 1. The molecule has 0 bridgehead atoms. The second-order valence-corrected chi connectivity index (χ2v) is 3.49. The Morgan fingerprint density at radius 2 is 2.31 bits per heavy atom. The molecule has 0 fully saturated rings. The summed E-state index contributed by atoms with van der Waals surface area (Å²) in [4.78, 5) is 10.8. The molecule has 74 valence electrons. The first-order valence-electron chi connectivity index (χ1n) is 4.60. The van der Waals surface area contributed by atoms with E-state index in [1.807, 2.05) is 0 Å². The molecule has 4 nitrogen and oxygen atoms in total. The molecule has 4 heteroatoms. The van der Waals surface area contributed by atoms with E-state index in [1.165, 1.54) is 5.57 Å². The van der Waals surface area contributed by atoms with Crippen molar-refractivity contribution in [2.45, 2.75) is 32.2 Å². The lowest BCUT2D eigenvalue weighted by Gasteiger charge is -2.16. The Bertz CT molecular complexity index is 247. The molecule has 0 aromatic rings. The first-order chi connectivity index (χ1) is 6.07. The highest BCUT2D eigenvalue weighted by atomic mass is 16.1. The van der Waals surface area contributed by atoms with E-state index < -0.39 is 11.9 Å². The Balaban J connectivity index is 2.75. The third-order valence-electron chi connectivity index (χ3n) is 2.75. The van der Waals surface area contributed by atoms with Crippen LogP contribution in [-0.4, -0.2) is 11.9 Å². The topological polar surface area (TPSA) is 95.1 Å². The van der Waals surface area contributed by atoms with Crippen LogP contribution in [0.2, 0.25) is 0 Å². The number of hydrogen-bond acceptors (Lipinski definition) is 3. The van der Waals surface area contributed by atoms with Gasteiger partial charge in [-0.2, -0.15) is 0 Å². The van der Waals surface area contributed by atoms with Gasteiger partial charge in [0.1, 0.15) is 0 Å². The first-order valence-corrected chi connectivity index (χ1v) is 4.60. The molecular formula is C9H17N3O. The van der Waals surface area contributed by atoms with Crippen molar-refractivity contribution >= 4 is 5.91 Å². The lowest BCUT2D eigenvalue weighted by Crippen LogP contribution is -2.43. The third kappa shape index (κ3) is 1.83. The van der Waals surface area contributed by atoms with Crippen LogP contribution in [0.4, 0.5) is 0 Å². The van der Waals surface area contributed by atoms with Crippen LogP contribution in [0.15, 0.2) is 11.3 Å². The molecule has 2 atom stereocenters. The van der Waals surface area contributed by atoms with Gasteiger partial charge in [-0.25, -0.2) is 0 Å². The van der Waals surface area contributed by atoms with Gasteiger partial charge in [-0.1, -0.05) is 12.5 Å². The van der Waals surface area contributed by atoms with Crippen molar-refractivity contribution in [3.8, 4) is 0 Å². The number of primary amides is 1. The monoisotopic (exact) mass is 183 g/mol. The van der Waals surface area contributed by atoms with Gasteiger partial charge in [-0.15, -0.1) is 0 Å². The van der Waals surface area contributed by atoms with Crippen LogP contribution < -0.4 is 17.2 Å². The molecule has 0 spiro atoms. The maximum absolute atomic E-state index is 10.8. The van der Waals surface area contributed by atoms with Crippen molar-refractivity contribution < 1.29 is 4.79 Å². The van der Waals surface area contributed by atoms with Crippen LogP contribution in [0.25, 0.3) is 0 Å². The normalized spacial score (nSPS) is 24.9. The minimum absolute atomic E-state index is 0.0348. The van der Waals surface area contributed by atoms with Crippen molar-refractivity contribution in [3.05, 3.63) is 11.3 Å². The Morgan fingerprint density at radius 3 is 2.69 bits per heavy atom. The highest BCUT2D eigenvalue weighted by Gasteiger charge is 2.30. The molecule has 0 saturated heterocycles. The molecule has 1 amide bonds. The van der Waals surface area contributed by atoms with E-state index in [2.05, 4.69) is 6.92 Å². The molecule has 6 N–H and O–H groups in total. The van der Waals surface area contributed by atoms with Gasteiger partial charge in [0.25, 0.3) is 0 Å². The lowest BCUT2D eigenvalue weighted by molar-refractivity contribution is -0.120. The van der Waals surface area contributed by atoms with Gasteiger partial charge in [0.15, 0.2) is 0 Å². The molecule has 0 aliphatic heterocycles. The SMILES string of the molecule is CCC1=C(N)C(C(N)C(N)=O)CC1. The highest BCUT2D eigenvalue weighted by molar-refractivity contribution is 5.80. The largest absolute Gasteiger partial charge is 0.402 e. The fourth-order valence-electron chi connectivity index (χ4n) is 1.84. The minimum Gasteiger partial charge on any atom is -0.402 e. The first kappa shape index (κ1) is 10.1. The van der Waals surface area contributed by atoms with Crippen molar-refractivity contribution in [1.82, 2.24) is 0 Å². The summed E-state index contributed by atoms with van der Waals surface area (Å²) in [6, 6.07) is -0.621. The fourth-order valence-corrected chi connectivity index (χ4v) is 1.84. The Labute approximate surface area is 78.1 Å². The summed E-state index contributed by atoms with van der Waals surface area (Å²) in [5.74, 6) is -0.502. The Hall–Kier alpha value is -1.03. The van der Waals surface area contributed by atoms with Gasteiger partial charge in [-0.3, -0.25) is 4.79 Å². The summed E-state index contributed by atoms with van der Waals surface area (Å²) in [7, 11) is 0. The van der Waals surface area contributed by atoms with Gasteiger partial charge in [0.2, 0.25) is 5.91 Å². The number of carbonyl (C=O) groups is 1. The molecule has 0 radical (unpaired) electrons. The maximum Gasteiger partial charge on any atom is 0.235 e. The molecule has 1 aliphatic rings. The van der Waals surface area contributed by atoms with E-state index in [0.29, 0.717) is 0 Å². The molecule has 1 rings (SSSR count). The summed E-state index contributed by atoms with van der Waals surface area (Å²) in [6.07, 6.45) is 2.75. The summed E-state index contributed by atoms with van der Waals surface area (Å²) in [5, 5.41) is 0. The van der Waals surface area contributed by atoms with Gasteiger partial charge in [-0.05, 0) is 19.3 Å². The quantitative estimate of drug-likeness (QED) is 0.567. The average Bonchev–Trinajstić information content (AvgIpc) is 2.45. The van der Waals surface area contributed by atoms with Crippen molar-refractivity contribution in [2.24, 2.45) is 23.1 Å². The van der Waals surface area contributed by atoms with Crippen LogP contribution in [-0.2, 0) is 4.79 Å². The summed E-state index contributed by atoms with van der Waals surface area (Å²) >= 11 is 0. The summed E-state index contributed by atoms with van der Waals surface area (Å²) in [6.45, 7) is 2.06. The van der Waals surface area contributed by atoms with Crippen LogP contribution in [0.3, 0.4) is 0 Å². The van der Waals surface area contributed by atoms with Crippen molar-refractivity contribution in [3.63, 3.8) is 0 Å². The van der Waals surface area contributed by atoms with Gasteiger partial charge < -0.3 is 17.2 Å². The average molecular weight is 183 g/mol. The molecule has 1 aliphatic carbocycles. The molecule has 2 unspecified atom stereocenters. The van der Waals surface area contributed by atoms with Gasteiger partial charge >= 0.3 is 0 Å². The fraction of sp³-hybridized carbons (Fsp3) is 0.667. The van der Waals surface area contributed by atoms with Gasteiger partial charge in [0.05, 0.1) is 6.04 Å². The zero-order valence-electron chi connectivity index (χ0n) is 7.92. The van der Waals surface area contributed by atoms with E-state index in [0.717, 1.165) is 25.0 Å².